The van der Waals surface area contributed by atoms with Crippen LogP contribution in [0.4, 0.5) is 0 Å². The fourth-order valence-electron chi connectivity index (χ4n) is 4.04. The Bertz CT molecular complexity index is 1010. The smallest absolute Gasteiger partial charge is 0.295 e. The molecule has 0 radical (unpaired) electrons. The maximum atomic E-state index is 13.1. The number of Topliss-reactive ketones (excluding diaryl/α,β-unsaturated/α-hetero) is 1. The number of ether oxygens (including phenoxy) is 1. The topological polar surface area (TPSA) is 70.1 Å². The van der Waals surface area contributed by atoms with E-state index in [9.17, 15) is 14.7 Å². The summed E-state index contributed by atoms with van der Waals surface area (Å²) in [6.07, 6.45) is 0.753. The molecule has 0 bridgehead atoms. The van der Waals surface area contributed by atoms with Crippen molar-refractivity contribution in [3.8, 4) is 5.75 Å². The Balaban J connectivity index is 2.06. The molecule has 1 saturated heterocycles. The van der Waals surface area contributed by atoms with E-state index in [4.69, 9.17) is 4.74 Å². The van der Waals surface area contributed by atoms with Crippen molar-refractivity contribution in [2.45, 2.75) is 39.3 Å². The Labute approximate surface area is 190 Å². The number of likely N-dealkylation sites (tertiary alicyclic amines) is 1. The lowest BCUT2D eigenvalue weighted by atomic mass is 9.94. The molecule has 1 aliphatic rings. The minimum Gasteiger partial charge on any atom is -0.507 e. The first-order valence-corrected chi connectivity index (χ1v) is 11.0. The number of hydrogen-bond acceptors (Lipinski definition) is 5. The van der Waals surface area contributed by atoms with Crippen molar-refractivity contribution in [1.82, 2.24) is 9.80 Å². The molecule has 1 aliphatic heterocycles. The van der Waals surface area contributed by atoms with E-state index in [1.807, 2.05) is 76.2 Å². The Morgan fingerprint density at radius 2 is 1.81 bits per heavy atom. The van der Waals surface area contributed by atoms with Crippen molar-refractivity contribution < 1.29 is 19.4 Å². The first-order chi connectivity index (χ1) is 15.2. The first-order valence-electron chi connectivity index (χ1n) is 11.0. The third-order valence-corrected chi connectivity index (χ3v) is 5.48. The fraction of sp³-hybridized carbons (Fsp3) is 0.385. The molecule has 2 aromatic rings. The van der Waals surface area contributed by atoms with Crippen molar-refractivity contribution >= 4 is 17.4 Å². The first kappa shape index (κ1) is 23.5. The number of aliphatic hydroxyl groups is 1. The summed E-state index contributed by atoms with van der Waals surface area (Å²) < 4.78 is 5.73. The molecule has 0 aromatic heterocycles. The largest absolute Gasteiger partial charge is 0.507 e. The molecule has 1 heterocycles. The molecular weight excluding hydrogens is 404 g/mol. The van der Waals surface area contributed by atoms with Gasteiger partial charge in [0.15, 0.2) is 0 Å². The van der Waals surface area contributed by atoms with E-state index in [0.29, 0.717) is 17.9 Å². The van der Waals surface area contributed by atoms with Gasteiger partial charge in [-0.05, 0) is 77.2 Å². The van der Waals surface area contributed by atoms with Crippen LogP contribution in [0.25, 0.3) is 5.76 Å². The third-order valence-electron chi connectivity index (χ3n) is 5.48. The monoisotopic (exact) mass is 436 g/mol. The zero-order valence-corrected chi connectivity index (χ0v) is 19.5. The Hall–Kier alpha value is -3.12. The van der Waals surface area contributed by atoms with Crippen molar-refractivity contribution in [3.05, 3.63) is 70.8 Å². The summed E-state index contributed by atoms with van der Waals surface area (Å²) in [5.41, 5.74) is 2.22. The van der Waals surface area contributed by atoms with Gasteiger partial charge in [-0.1, -0.05) is 30.3 Å². The second-order valence-electron chi connectivity index (χ2n) is 8.70. The molecule has 6 nitrogen and oxygen atoms in total. The Morgan fingerprint density at radius 3 is 2.41 bits per heavy atom. The molecular formula is C26H32N2O4. The van der Waals surface area contributed by atoms with Crippen molar-refractivity contribution in [1.29, 1.82) is 0 Å². The maximum absolute atomic E-state index is 13.1. The van der Waals surface area contributed by atoms with Crippen LogP contribution in [-0.4, -0.2) is 59.9 Å². The summed E-state index contributed by atoms with van der Waals surface area (Å²) in [6, 6.07) is 14.1. The fourth-order valence-corrected chi connectivity index (χ4v) is 4.04. The predicted octanol–water partition coefficient (Wildman–Crippen LogP) is 4.16. The van der Waals surface area contributed by atoms with Gasteiger partial charge >= 0.3 is 0 Å². The highest BCUT2D eigenvalue weighted by Crippen LogP contribution is 2.40. The highest BCUT2D eigenvalue weighted by molar-refractivity contribution is 6.46. The number of nitrogens with zero attached hydrogens (tertiary/aromatic N) is 2. The Kier molecular flexibility index (Phi) is 7.36. The van der Waals surface area contributed by atoms with Crippen LogP contribution in [0.5, 0.6) is 5.75 Å². The van der Waals surface area contributed by atoms with E-state index in [2.05, 4.69) is 0 Å². The van der Waals surface area contributed by atoms with Crippen molar-refractivity contribution in [2.75, 3.05) is 27.2 Å². The summed E-state index contributed by atoms with van der Waals surface area (Å²) >= 11 is 0. The standard InChI is InChI=1S/C26H32N2O4/c1-17(2)32-20-12-13-21(18(3)16-20)24(29)22-23(19-10-7-6-8-11-19)28(26(31)25(22)30)15-9-14-27(4)5/h6-8,10-13,16-17,23,29H,9,14-15H2,1-5H3/b24-22+. The molecule has 1 fully saturated rings. The van der Waals surface area contributed by atoms with Crippen molar-refractivity contribution in [2.24, 2.45) is 0 Å². The van der Waals surface area contributed by atoms with Gasteiger partial charge in [-0.15, -0.1) is 0 Å². The van der Waals surface area contributed by atoms with Crippen LogP contribution in [-0.2, 0) is 9.59 Å². The number of benzene rings is 2. The van der Waals surface area contributed by atoms with Gasteiger partial charge in [0.2, 0.25) is 0 Å². The van der Waals surface area contributed by atoms with Gasteiger partial charge in [-0.25, -0.2) is 0 Å². The summed E-state index contributed by atoms with van der Waals surface area (Å²) in [4.78, 5) is 29.7. The predicted molar refractivity (Wildman–Crippen MR) is 126 cm³/mol. The van der Waals surface area contributed by atoms with Crippen LogP contribution in [0.2, 0.25) is 0 Å². The van der Waals surface area contributed by atoms with Crippen LogP contribution in [0.3, 0.4) is 0 Å². The molecule has 1 atom stereocenters. The lowest BCUT2D eigenvalue weighted by Crippen LogP contribution is -2.32. The summed E-state index contributed by atoms with van der Waals surface area (Å²) in [5.74, 6) is -0.682. The summed E-state index contributed by atoms with van der Waals surface area (Å²) in [5, 5.41) is 11.3. The van der Waals surface area contributed by atoms with Gasteiger partial charge in [-0.2, -0.15) is 0 Å². The molecule has 3 rings (SSSR count). The van der Waals surface area contributed by atoms with Crippen LogP contribution < -0.4 is 4.74 Å². The van der Waals surface area contributed by atoms with E-state index >= 15 is 0 Å². The number of hydrogen-bond donors (Lipinski definition) is 1. The number of amides is 1. The second kappa shape index (κ2) is 10.0. The summed E-state index contributed by atoms with van der Waals surface area (Å²) in [6.45, 7) is 6.97. The Morgan fingerprint density at radius 1 is 1.12 bits per heavy atom. The van der Waals surface area contributed by atoms with E-state index in [-0.39, 0.29) is 17.4 Å². The third kappa shape index (κ3) is 5.02. The average Bonchev–Trinajstić information content (AvgIpc) is 2.98. The van der Waals surface area contributed by atoms with Gasteiger partial charge < -0.3 is 19.6 Å². The zero-order chi connectivity index (χ0) is 23.4. The minimum atomic E-state index is -0.650. The molecule has 170 valence electrons. The van der Waals surface area contributed by atoms with Gasteiger partial charge in [0.25, 0.3) is 11.7 Å². The highest BCUT2D eigenvalue weighted by atomic mass is 16.5. The van der Waals surface area contributed by atoms with Crippen molar-refractivity contribution in [3.63, 3.8) is 0 Å². The van der Waals surface area contributed by atoms with Crippen LogP contribution in [0.1, 0.15) is 43.0 Å². The van der Waals surface area contributed by atoms with Crippen LogP contribution in [0, 0.1) is 6.92 Å². The highest BCUT2D eigenvalue weighted by Gasteiger charge is 2.45. The van der Waals surface area contributed by atoms with Crippen LogP contribution >= 0.6 is 0 Å². The second-order valence-corrected chi connectivity index (χ2v) is 8.70. The van der Waals surface area contributed by atoms with E-state index < -0.39 is 17.7 Å². The lowest BCUT2D eigenvalue weighted by Gasteiger charge is -2.26. The lowest BCUT2D eigenvalue weighted by molar-refractivity contribution is -0.139. The number of rotatable bonds is 8. The van der Waals surface area contributed by atoms with Gasteiger partial charge in [0.05, 0.1) is 17.7 Å². The van der Waals surface area contributed by atoms with Gasteiger partial charge in [0, 0.05) is 12.1 Å². The van der Waals surface area contributed by atoms with E-state index in [1.54, 1.807) is 17.0 Å². The molecule has 1 amide bonds. The number of aryl methyl sites for hydroxylation is 1. The van der Waals surface area contributed by atoms with E-state index in [0.717, 1.165) is 24.1 Å². The van der Waals surface area contributed by atoms with Crippen LogP contribution in [0.15, 0.2) is 54.1 Å². The molecule has 1 unspecified atom stereocenters. The quantitative estimate of drug-likeness (QED) is 0.382. The molecule has 1 N–H and O–H groups in total. The van der Waals surface area contributed by atoms with Gasteiger partial charge in [-0.3, -0.25) is 9.59 Å². The molecule has 0 aliphatic carbocycles. The van der Waals surface area contributed by atoms with E-state index in [1.165, 1.54) is 0 Å². The normalized spacial score (nSPS) is 18.1. The number of carbonyl (C=O) groups excluding carboxylic acids is 2. The molecule has 0 saturated carbocycles. The average molecular weight is 437 g/mol. The summed E-state index contributed by atoms with van der Waals surface area (Å²) in [7, 11) is 3.94. The SMILES string of the molecule is Cc1cc(OC(C)C)ccc1/C(O)=C1\C(=O)C(=O)N(CCCN(C)C)C1c1ccccc1. The van der Waals surface area contributed by atoms with Gasteiger partial charge in [0.1, 0.15) is 11.5 Å². The minimum absolute atomic E-state index is 0.0272. The number of aliphatic hydroxyl groups excluding tert-OH is 1. The molecule has 6 heteroatoms. The molecule has 2 aromatic carbocycles. The molecule has 0 spiro atoms. The number of carbonyl (C=O) groups is 2. The zero-order valence-electron chi connectivity index (χ0n) is 19.5. The maximum Gasteiger partial charge on any atom is 0.295 e. The number of ketones is 1. The molecule has 32 heavy (non-hydrogen) atoms.